The Kier molecular flexibility index (Phi) is 7.36. The van der Waals surface area contributed by atoms with Gasteiger partial charge in [0.2, 0.25) is 5.91 Å². The number of fused-ring (bicyclic) bond motifs is 1. The minimum absolute atomic E-state index is 0.0125. The predicted octanol–water partition coefficient (Wildman–Crippen LogP) is 3.74. The van der Waals surface area contributed by atoms with Gasteiger partial charge < -0.3 is 15.0 Å². The second-order valence-corrected chi connectivity index (χ2v) is 7.75. The Morgan fingerprint density at radius 1 is 1.10 bits per heavy atom. The molecule has 0 bridgehead atoms. The van der Waals surface area contributed by atoms with E-state index in [2.05, 4.69) is 18.3 Å². The molecule has 2 aromatic carbocycles. The molecule has 0 unspecified atom stereocenters. The maximum Gasteiger partial charge on any atom is 0.254 e. The highest BCUT2D eigenvalue weighted by molar-refractivity contribution is 6.08. The van der Waals surface area contributed by atoms with E-state index in [-0.39, 0.29) is 18.4 Å². The second-order valence-electron chi connectivity index (χ2n) is 7.75. The number of amides is 2. The van der Waals surface area contributed by atoms with E-state index in [4.69, 9.17) is 9.72 Å². The summed E-state index contributed by atoms with van der Waals surface area (Å²) in [7, 11) is 3.27. The molecular weight excluding hydrogens is 390 g/mol. The van der Waals surface area contributed by atoms with Gasteiger partial charge in [-0.3, -0.25) is 9.59 Å². The quantitative estimate of drug-likeness (QED) is 0.565. The average molecular weight is 420 g/mol. The molecule has 6 nitrogen and oxygen atoms in total. The molecule has 1 N–H and O–H groups in total. The number of hydrogen-bond donors (Lipinski definition) is 1. The monoisotopic (exact) mass is 419 g/mol. The lowest BCUT2D eigenvalue weighted by molar-refractivity contribution is -0.121. The number of methoxy groups -OCH3 is 1. The van der Waals surface area contributed by atoms with Crippen LogP contribution in [0, 0.1) is 13.8 Å². The van der Waals surface area contributed by atoms with Gasteiger partial charge in [-0.2, -0.15) is 0 Å². The summed E-state index contributed by atoms with van der Waals surface area (Å²) in [6.45, 7) is 5.18. The summed E-state index contributed by atoms with van der Waals surface area (Å²) in [6, 6.07) is 15.6. The first kappa shape index (κ1) is 22.4. The number of rotatable bonds is 8. The van der Waals surface area contributed by atoms with Crippen LogP contribution < -0.4 is 5.32 Å². The molecule has 162 valence electrons. The van der Waals surface area contributed by atoms with Gasteiger partial charge in [0.15, 0.2) is 0 Å². The fourth-order valence-corrected chi connectivity index (χ4v) is 3.58. The standard InChI is InChI=1S/C25H29N3O3/c1-17-10-11-19(18(2)14-17)23-15-21(20-8-5-6-9-22(20)27-23)25(30)28(3)16-24(29)26-12-7-13-31-4/h5-6,8-11,14-15H,7,12-13,16H2,1-4H3,(H,26,29). The molecule has 3 rings (SSSR count). The molecule has 1 aromatic heterocycles. The van der Waals surface area contributed by atoms with E-state index in [9.17, 15) is 9.59 Å². The highest BCUT2D eigenvalue weighted by Gasteiger charge is 2.19. The molecule has 0 saturated carbocycles. The number of ether oxygens (including phenoxy) is 1. The van der Waals surface area contributed by atoms with Gasteiger partial charge in [-0.25, -0.2) is 4.98 Å². The molecular formula is C25H29N3O3. The van der Waals surface area contributed by atoms with Crippen molar-refractivity contribution < 1.29 is 14.3 Å². The van der Waals surface area contributed by atoms with Crippen molar-refractivity contribution in [2.75, 3.05) is 33.9 Å². The van der Waals surface area contributed by atoms with Crippen LogP contribution in [-0.4, -0.2) is 55.6 Å². The van der Waals surface area contributed by atoms with Crippen molar-refractivity contribution >= 4 is 22.7 Å². The summed E-state index contributed by atoms with van der Waals surface area (Å²) in [4.78, 5) is 31.8. The maximum atomic E-state index is 13.3. The van der Waals surface area contributed by atoms with Gasteiger partial charge in [-0.1, -0.05) is 42.0 Å². The average Bonchev–Trinajstić information content (AvgIpc) is 2.75. The molecule has 0 spiro atoms. The smallest absolute Gasteiger partial charge is 0.254 e. The lowest BCUT2D eigenvalue weighted by Gasteiger charge is -2.19. The van der Waals surface area contributed by atoms with Crippen molar-refractivity contribution in [2.24, 2.45) is 0 Å². The number of likely N-dealkylation sites (N-methyl/N-ethyl adjacent to an activating group) is 1. The van der Waals surface area contributed by atoms with Crippen molar-refractivity contribution in [3.05, 3.63) is 65.2 Å². The molecule has 0 saturated heterocycles. The number of pyridine rings is 1. The molecule has 0 aliphatic heterocycles. The van der Waals surface area contributed by atoms with Gasteiger partial charge in [0.25, 0.3) is 5.91 Å². The predicted molar refractivity (Wildman–Crippen MR) is 123 cm³/mol. The van der Waals surface area contributed by atoms with E-state index in [0.717, 1.165) is 34.1 Å². The Balaban J connectivity index is 1.89. The first-order chi connectivity index (χ1) is 14.9. The molecule has 0 radical (unpaired) electrons. The van der Waals surface area contributed by atoms with Crippen molar-refractivity contribution in [1.29, 1.82) is 0 Å². The number of benzene rings is 2. The van der Waals surface area contributed by atoms with Crippen LogP contribution in [0.25, 0.3) is 22.2 Å². The molecule has 0 aliphatic rings. The lowest BCUT2D eigenvalue weighted by atomic mass is 9.99. The summed E-state index contributed by atoms with van der Waals surface area (Å²) in [6.07, 6.45) is 0.730. The van der Waals surface area contributed by atoms with Crippen molar-refractivity contribution in [3.8, 4) is 11.3 Å². The number of carbonyl (C=O) groups excluding carboxylic acids is 2. The molecule has 2 amide bonds. The summed E-state index contributed by atoms with van der Waals surface area (Å²) in [5, 5.41) is 3.59. The van der Waals surface area contributed by atoms with E-state index >= 15 is 0 Å². The SMILES string of the molecule is COCCCNC(=O)CN(C)C(=O)c1cc(-c2ccc(C)cc2C)nc2ccccc12. The molecule has 6 heteroatoms. The first-order valence-electron chi connectivity index (χ1n) is 10.4. The third-order valence-corrected chi connectivity index (χ3v) is 5.18. The number of para-hydroxylation sites is 1. The van der Waals surface area contributed by atoms with Crippen LogP contribution in [0.5, 0.6) is 0 Å². The van der Waals surface area contributed by atoms with Crippen LogP contribution >= 0.6 is 0 Å². The van der Waals surface area contributed by atoms with Crippen LogP contribution in [0.3, 0.4) is 0 Å². The van der Waals surface area contributed by atoms with E-state index < -0.39 is 0 Å². The minimum atomic E-state index is -0.211. The Morgan fingerprint density at radius 2 is 1.87 bits per heavy atom. The van der Waals surface area contributed by atoms with E-state index in [1.165, 1.54) is 10.5 Å². The summed E-state index contributed by atoms with van der Waals surface area (Å²) in [5.74, 6) is -0.406. The minimum Gasteiger partial charge on any atom is -0.385 e. The van der Waals surface area contributed by atoms with E-state index in [1.807, 2.05) is 49.4 Å². The zero-order valence-electron chi connectivity index (χ0n) is 18.6. The maximum absolute atomic E-state index is 13.3. The fraction of sp³-hybridized carbons (Fsp3) is 0.320. The van der Waals surface area contributed by atoms with Gasteiger partial charge in [0.05, 0.1) is 23.3 Å². The van der Waals surface area contributed by atoms with Crippen LogP contribution in [0.2, 0.25) is 0 Å². The third-order valence-electron chi connectivity index (χ3n) is 5.18. The van der Waals surface area contributed by atoms with E-state index in [1.54, 1.807) is 14.2 Å². The zero-order valence-corrected chi connectivity index (χ0v) is 18.6. The number of aromatic nitrogens is 1. The first-order valence-corrected chi connectivity index (χ1v) is 10.4. The third kappa shape index (κ3) is 5.47. The number of aryl methyl sites for hydroxylation is 2. The second kappa shape index (κ2) is 10.2. The Labute approximate surface area is 183 Å². The number of nitrogens with one attached hydrogen (secondary N) is 1. The highest BCUT2D eigenvalue weighted by Crippen LogP contribution is 2.28. The van der Waals surface area contributed by atoms with Crippen molar-refractivity contribution in [3.63, 3.8) is 0 Å². The van der Waals surface area contributed by atoms with E-state index in [0.29, 0.717) is 18.7 Å². The molecule has 1 heterocycles. The molecule has 3 aromatic rings. The van der Waals surface area contributed by atoms with Gasteiger partial charge >= 0.3 is 0 Å². The summed E-state index contributed by atoms with van der Waals surface area (Å²) in [5.41, 5.74) is 5.30. The van der Waals surface area contributed by atoms with Gasteiger partial charge in [0, 0.05) is 38.3 Å². The Morgan fingerprint density at radius 3 is 2.61 bits per heavy atom. The number of carbonyl (C=O) groups is 2. The van der Waals surface area contributed by atoms with Crippen LogP contribution in [-0.2, 0) is 9.53 Å². The van der Waals surface area contributed by atoms with Gasteiger partial charge in [-0.05, 0) is 38.0 Å². The largest absolute Gasteiger partial charge is 0.385 e. The van der Waals surface area contributed by atoms with Crippen LogP contribution in [0.4, 0.5) is 0 Å². The number of hydrogen-bond acceptors (Lipinski definition) is 4. The van der Waals surface area contributed by atoms with Crippen molar-refractivity contribution in [1.82, 2.24) is 15.2 Å². The molecule has 0 fully saturated rings. The zero-order chi connectivity index (χ0) is 22.4. The molecule has 0 atom stereocenters. The topological polar surface area (TPSA) is 71.5 Å². The lowest BCUT2D eigenvalue weighted by Crippen LogP contribution is -2.39. The van der Waals surface area contributed by atoms with Crippen LogP contribution in [0.1, 0.15) is 27.9 Å². The van der Waals surface area contributed by atoms with Crippen molar-refractivity contribution in [2.45, 2.75) is 20.3 Å². The molecule has 0 aliphatic carbocycles. The Bertz CT molecular complexity index is 1090. The Hall–Kier alpha value is -3.25. The van der Waals surface area contributed by atoms with Crippen LogP contribution in [0.15, 0.2) is 48.5 Å². The van der Waals surface area contributed by atoms with Gasteiger partial charge in [-0.15, -0.1) is 0 Å². The number of nitrogens with zero attached hydrogens (tertiary/aromatic N) is 2. The highest BCUT2D eigenvalue weighted by atomic mass is 16.5. The summed E-state index contributed by atoms with van der Waals surface area (Å²) < 4.78 is 4.98. The van der Waals surface area contributed by atoms with Gasteiger partial charge in [0.1, 0.15) is 0 Å². The fourth-order valence-electron chi connectivity index (χ4n) is 3.58. The molecule has 31 heavy (non-hydrogen) atoms. The summed E-state index contributed by atoms with van der Waals surface area (Å²) >= 11 is 0. The normalized spacial score (nSPS) is 10.8.